The molecule has 2 aliphatic rings. The van der Waals surface area contributed by atoms with Crippen LogP contribution in [-0.2, 0) is 7.05 Å². The number of nitrogens with one attached hydrogen (secondary N) is 1. The third kappa shape index (κ3) is 1.67. The van der Waals surface area contributed by atoms with Crippen molar-refractivity contribution < 1.29 is 4.74 Å². The van der Waals surface area contributed by atoms with Gasteiger partial charge in [-0.15, -0.1) is 0 Å². The lowest BCUT2D eigenvalue weighted by Crippen LogP contribution is -2.17. The smallest absolute Gasteiger partial charge is 0.122 e. The van der Waals surface area contributed by atoms with Crippen LogP contribution in [0.2, 0.25) is 0 Å². The quantitative estimate of drug-likeness (QED) is 0.791. The van der Waals surface area contributed by atoms with Gasteiger partial charge in [0.1, 0.15) is 5.75 Å². The van der Waals surface area contributed by atoms with Crippen LogP contribution in [-0.4, -0.2) is 26.4 Å². The molecule has 3 aromatic rings. The molecule has 0 amide bonds. The van der Waals surface area contributed by atoms with Crippen LogP contribution in [0.5, 0.6) is 5.75 Å². The lowest BCUT2D eigenvalue weighted by Gasteiger charge is -2.22. The Morgan fingerprint density at radius 1 is 1.30 bits per heavy atom. The maximum absolute atomic E-state index is 6.05. The minimum absolute atomic E-state index is 0.157. The maximum Gasteiger partial charge on any atom is 0.122 e. The van der Waals surface area contributed by atoms with Gasteiger partial charge in [0.2, 0.25) is 0 Å². The molecule has 5 rings (SSSR count). The lowest BCUT2D eigenvalue weighted by atomic mass is 9.96. The second-order valence-electron chi connectivity index (χ2n) is 6.85. The first-order valence-electron chi connectivity index (χ1n) is 7.92. The van der Waals surface area contributed by atoms with Gasteiger partial charge in [0, 0.05) is 47.9 Å². The number of H-pyrrole nitrogens is 1. The zero-order valence-electron chi connectivity index (χ0n) is 13.2. The molecule has 5 heteroatoms. The first-order chi connectivity index (χ1) is 11.2. The Balaban J connectivity index is 1.61. The van der Waals surface area contributed by atoms with Crippen LogP contribution in [0, 0.1) is 5.41 Å². The number of aromatic amines is 1. The molecule has 3 heterocycles. The van der Waals surface area contributed by atoms with Gasteiger partial charge < -0.3 is 9.72 Å². The number of rotatable bonds is 2. The van der Waals surface area contributed by atoms with Crippen LogP contribution in [0.3, 0.4) is 0 Å². The van der Waals surface area contributed by atoms with Crippen LogP contribution < -0.4 is 4.74 Å². The SMILES string of the molecule is Cn1nccc1-c1ccc2c(c1)C1C(c3cnc[nH]3)C1(C)CO2. The number of hydrogen-bond acceptors (Lipinski definition) is 3. The Morgan fingerprint density at radius 3 is 2.96 bits per heavy atom. The highest BCUT2D eigenvalue weighted by Gasteiger charge is 2.66. The number of ether oxygens (including phenoxy) is 1. The summed E-state index contributed by atoms with van der Waals surface area (Å²) in [6.07, 6.45) is 5.54. The van der Waals surface area contributed by atoms with E-state index in [1.165, 1.54) is 16.8 Å². The number of nitrogens with zero attached hydrogens (tertiary/aromatic N) is 3. The summed E-state index contributed by atoms with van der Waals surface area (Å²) in [6.45, 7) is 3.07. The van der Waals surface area contributed by atoms with Gasteiger partial charge in [-0.25, -0.2) is 4.98 Å². The Hall–Kier alpha value is -2.56. The molecule has 3 unspecified atom stereocenters. The van der Waals surface area contributed by atoms with Crippen molar-refractivity contribution in [1.29, 1.82) is 0 Å². The van der Waals surface area contributed by atoms with Crippen molar-refractivity contribution in [2.24, 2.45) is 12.5 Å². The summed E-state index contributed by atoms with van der Waals surface area (Å²) in [5, 5.41) is 4.28. The van der Waals surface area contributed by atoms with Crippen molar-refractivity contribution in [3.05, 3.63) is 54.2 Å². The molecule has 0 bridgehead atoms. The van der Waals surface area contributed by atoms with E-state index in [4.69, 9.17) is 4.74 Å². The van der Waals surface area contributed by atoms with Crippen LogP contribution in [0.4, 0.5) is 0 Å². The van der Waals surface area contributed by atoms with Crippen LogP contribution >= 0.6 is 0 Å². The average molecular weight is 306 g/mol. The van der Waals surface area contributed by atoms with E-state index in [1.54, 1.807) is 6.33 Å². The van der Waals surface area contributed by atoms with E-state index in [9.17, 15) is 0 Å². The summed E-state index contributed by atoms with van der Waals surface area (Å²) in [5.74, 6) is 1.95. The topological polar surface area (TPSA) is 55.7 Å². The van der Waals surface area contributed by atoms with Gasteiger partial charge in [-0.1, -0.05) is 6.92 Å². The molecule has 1 N–H and O–H groups in total. The molecule has 5 nitrogen and oxygen atoms in total. The fourth-order valence-electron chi connectivity index (χ4n) is 4.22. The Labute approximate surface area is 134 Å². The molecule has 0 saturated heterocycles. The van der Waals surface area contributed by atoms with E-state index in [2.05, 4.69) is 40.2 Å². The molecule has 1 fully saturated rings. The molecule has 1 aliphatic heterocycles. The van der Waals surface area contributed by atoms with Crippen LogP contribution in [0.25, 0.3) is 11.3 Å². The predicted molar refractivity (Wildman–Crippen MR) is 86.3 cm³/mol. The summed E-state index contributed by atoms with van der Waals surface area (Å²) < 4.78 is 7.96. The van der Waals surface area contributed by atoms with Crippen molar-refractivity contribution in [3.8, 4) is 17.0 Å². The van der Waals surface area contributed by atoms with Crippen molar-refractivity contribution in [3.63, 3.8) is 0 Å². The van der Waals surface area contributed by atoms with E-state index in [1.807, 2.05) is 30.2 Å². The Kier molecular flexibility index (Phi) is 2.39. The third-order valence-corrected chi connectivity index (χ3v) is 5.50. The van der Waals surface area contributed by atoms with Crippen molar-refractivity contribution in [1.82, 2.24) is 19.7 Å². The Bertz CT molecular complexity index is 882. The normalized spacial score (nSPS) is 27.9. The van der Waals surface area contributed by atoms with Crippen molar-refractivity contribution >= 4 is 0 Å². The van der Waals surface area contributed by atoms with E-state index >= 15 is 0 Å². The van der Waals surface area contributed by atoms with Gasteiger partial charge in [-0.3, -0.25) is 4.68 Å². The fourth-order valence-corrected chi connectivity index (χ4v) is 4.22. The number of imidazole rings is 1. The van der Waals surface area contributed by atoms with Gasteiger partial charge in [-0.05, 0) is 29.8 Å². The second kappa shape index (κ2) is 4.25. The lowest BCUT2D eigenvalue weighted by molar-refractivity contribution is 0.220. The Morgan fingerprint density at radius 2 is 2.22 bits per heavy atom. The highest BCUT2D eigenvalue weighted by atomic mass is 16.5. The van der Waals surface area contributed by atoms with Gasteiger partial charge in [0.25, 0.3) is 0 Å². The average Bonchev–Trinajstić information content (AvgIpc) is 2.95. The largest absolute Gasteiger partial charge is 0.493 e. The molecule has 1 aromatic carbocycles. The van der Waals surface area contributed by atoms with Crippen LogP contribution in [0.15, 0.2) is 43.0 Å². The molecule has 1 saturated carbocycles. The minimum Gasteiger partial charge on any atom is -0.493 e. The van der Waals surface area contributed by atoms with Crippen LogP contribution in [0.1, 0.15) is 30.0 Å². The molecule has 0 radical (unpaired) electrons. The molecule has 23 heavy (non-hydrogen) atoms. The maximum atomic E-state index is 6.05. The van der Waals surface area contributed by atoms with Crippen molar-refractivity contribution in [2.75, 3.05) is 6.61 Å². The first-order valence-corrected chi connectivity index (χ1v) is 7.92. The highest BCUT2D eigenvalue weighted by Crippen LogP contribution is 2.72. The van der Waals surface area contributed by atoms with Gasteiger partial charge >= 0.3 is 0 Å². The minimum atomic E-state index is 0.157. The van der Waals surface area contributed by atoms with E-state index in [-0.39, 0.29) is 5.41 Å². The van der Waals surface area contributed by atoms with E-state index in [0.717, 1.165) is 18.1 Å². The summed E-state index contributed by atoms with van der Waals surface area (Å²) in [6, 6.07) is 8.53. The standard InChI is InChI=1S/C18H18N4O/c1-18-9-23-15-4-3-11(14-5-6-21-22(14)2)7-12(15)16(18)17(18)13-8-19-10-20-13/h3-8,10,16-17H,9H2,1-2H3,(H,19,20). The van der Waals surface area contributed by atoms with E-state index < -0.39 is 0 Å². The zero-order valence-corrected chi connectivity index (χ0v) is 13.2. The van der Waals surface area contributed by atoms with Gasteiger partial charge in [0.05, 0.1) is 18.6 Å². The summed E-state index contributed by atoms with van der Waals surface area (Å²) in [7, 11) is 1.97. The van der Waals surface area contributed by atoms with Gasteiger partial charge in [0.15, 0.2) is 0 Å². The summed E-state index contributed by atoms with van der Waals surface area (Å²) >= 11 is 0. The third-order valence-electron chi connectivity index (χ3n) is 5.50. The second-order valence-corrected chi connectivity index (χ2v) is 6.85. The molecule has 116 valence electrons. The molecular formula is C18H18N4O. The number of hydrogen-bond donors (Lipinski definition) is 1. The molecular weight excluding hydrogens is 288 g/mol. The molecule has 1 aliphatic carbocycles. The van der Waals surface area contributed by atoms with E-state index in [0.29, 0.717) is 11.8 Å². The number of benzene rings is 1. The predicted octanol–water partition coefficient (Wildman–Crippen LogP) is 3.09. The summed E-state index contributed by atoms with van der Waals surface area (Å²) in [4.78, 5) is 7.47. The van der Waals surface area contributed by atoms with Gasteiger partial charge in [-0.2, -0.15) is 5.10 Å². The number of aromatic nitrogens is 4. The molecule has 3 atom stereocenters. The highest BCUT2D eigenvalue weighted by molar-refractivity contribution is 5.65. The number of fused-ring (bicyclic) bond motifs is 3. The fraction of sp³-hybridized carbons (Fsp3) is 0.333. The zero-order chi connectivity index (χ0) is 15.6. The summed E-state index contributed by atoms with van der Waals surface area (Å²) in [5.41, 5.74) is 4.98. The molecule has 0 spiro atoms. The number of aryl methyl sites for hydroxylation is 1. The van der Waals surface area contributed by atoms with Crippen molar-refractivity contribution in [2.45, 2.75) is 18.8 Å². The molecule has 2 aromatic heterocycles. The monoisotopic (exact) mass is 306 g/mol. The first kappa shape index (κ1) is 12.9.